The Bertz CT molecular complexity index is 149. The van der Waals surface area contributed by atoms with E-state index >= 15 is 0 Å². The number of carbonyl (C=O) groups is 1. The van der Waals surface area contributed by atoms with E-state index in [4.69, 9.17) is 0 Å². The minimum absolute atomic E-state index is 0.303. The summed E-state index contributed by atoms with van der Waals surface area (Å²) in [5, 5.41) is 0. The van der Waals surface area contributed by atoms with Gasteiger partial charge in [-0.3, -0.25) is 4.79 Å². The Morgan fingerprint density at radius 2 is 2.67 bits per heavy atom. The molecule has 0 aromatic rings. The van der Waals surface area contributed by atoms with Gasteiger partial charge in [-0.1, -0.05) is 13.0 Å². The smallest absolute Gasteiger partial charge is 0.168 e. The Labute approximate surface area is 59.5 Å². The summed E-state index contributed by atoms with van der Waals surface area (Å²) in [4.78, 5) is 11.9. The lowest BCUT2D eigenvalue weighted by Gasteiger charge is -1.93. The normalized spacial score (nSPS) is 17.7. The Balaban J connectivity index is 2.51. The van der Waals surface area contributed by atoms with Crippen LogP contribution in [-0.2, 0) is 4.79 Å². The lowest BCUT2D eigenvalue weighted by atomic mass is 10.3. The molecule has 1 aliphatic rings. The third-order valence-electron chi connectivity index (χ3n) is 1.30. The van der Waals surface area contributed by atoms with Crippen LogP contribution in [0.1, 0.15) is 19.8 Å². The molecule has 0 aromatic carbocycles. The van der Waals surface area contributed by atoms with E-state index in [1.807, 2.05) is 13.0 Å². The fraction of sp³-hybridized carbons (Fsp3) is 0.571. The van der Waals surface area contributed by atoms with E-state index in [2.05, 4.69) is 0 Å². The quantitative estimate of drug-likeness (QED) is 0.586. The van der Waals surface area contributed by atoms with Crippen molar-refractivity contribution in [2.24, 2.45) is 0 Å². The highest BCUT2D eigenvalue weighted by molar-refractivity contribution is 8.04. The van der Waals surface area contributed by atoms with E-state index in [0.29, 0.717) is 12.2 Å². The SMILES string of the molecule is CCC(=O)C1=CCCS1. The third kappa shape index (κ3) is 1.58. The highest BCUT2D eigenvalue weighted by Crippen LogP contribution is 2.25. The molecule has 0 N–H and O–H groups in total. The molecule has 1 rings (SSSR count). The first-order chi connectivity index (χ1) is 4.34. The van der Waals surface area contributed by atoms with Gasteiger partial charge in [0.25, 0.3) is 0 Å². The van der Waals surface area contributed by atoms with Crippen LogP contribution in [0.15, 0.2) is 11.0 Å². The number of thioether (sulfide) groups is 1. The average molecular weight is 142 g/mol. The summed E-state index contributed by atoms with van der Waals surface area (Å²) in [7, 11) is 0. The van der Waals surface area contributed by atoms with E-state index in [9.17, 15) is 4.79 Å². The molecule has 0 amide bonds. The predicted octanol–water partition coefficient (Wildman–Crippen LogP) is 1.99. The van der Waals surface area contributed by atoms with Crippen LogP contribution >= 0.6 is 11.8 Å². The molecule has 1 heterocycles. The van der Waals surface area contributed by atoms with Gasteiger partial charge in [-0.2, -0.15) is 0 Å². The van der Waals surface area contributed by atoms with E-state index in [-0.39, 0.29) is 0 Å². The second kappa shape index (κ2) is 3.06. The van der Waals surface area contributed by atoms with Crippen molar-refractivity contribution in [1.29, 1.82) is 0 Å². The van der Waals surface area contributed by atoms with Crippen molar-refractivity contribution in [2.45, 2.75) is 19.8 Å². The van der Waals surface area contributed by atoms with Crippen molar-refractivity contribution >= 4 is 17.5 Å². The molecule has 0 saturated carbocycles. The molecule has 50 valence electrons. The van der Waals surface area contributed by atoms with Gasteiger partial charge in [0.2, 0.25) is 0 Å². The van der Waals surface area contributed by atoms with Crippen LogP contribution in [0.25, 0.3) is 0 Å². The van der Waals surface area contributed by atoms with E-state index in [1.54, 1.807) is 11.8 Å². The van der Waals surface area contributed by atoms with Crippen LogP contribution in [-0.4, -0.2) is 11.5 Å². The number of Topliss-reactive ketones (excluding diaryl/α,β-unsaturated/α-hetero) is 1. The Morgan fingerprint density at radius 3 is 3.11 bits per heavy atom. The molecule has 0 radical (unpaired) electrons. The lowest BCUT2D eigenvalue weighted by Crippen LogP contribution is -1.93. The molecule has 0 aliphatic carbocycles. The Morgan fingerprint density at radius 1 is 1.89 bits per heavy atom. The summed E-state index contributed by atoms with van der Waals surface area (Å²) in [6, 6.07) is 0. The molecule has 0 aromatic heterocycles. The molecular weight excluding hydrogens is 132 g/mol. The summed E-state index contributed by atoms with van der Waals surface area (Å²) >= 11 is 1.69. The number of ketones is 1. The second-order valence-corrected chi connectivity index (χ2v) is 3.12. The van der Waals surface area contributed by atoms with Crippen LogP contribution < -0.4 is 0 Å². The Hall–Kier alpha value is -0.240. The van der Waals surface area contributed by atoms with Crippen LogP contribution in [0.4, 0.5) is 0 Å². The van der Waals surface area contributed by atoms with E-state index in [1.165, 1.54) is 0 Å². The maximum Gasteiger partial charge on any atom is 0.168 e. The predicted molar refractivity (Wildman–Crippen MR) is 40.5 cm³/mol. The highest BCUT2D eigenvalue weighted by Gasteiger charge is 2.10. The molecule has 2 heteroatoms. The number of rotatable bonds is 2. The topological polar surface area (TPSA) is 17.1 Å². The number of hydrogen-bond donors (Lipinski definition) is 0. The first kappa shape index (κ1) is 6.87. The molecule has 1 aliphatic heterocycles. The van der Waals surface area contributed by atoms with Gasteiger partial charge in [-0.15, -0.1) is 11.8 Å². The molecule has 0 atom stereocenters. The standard InChI is InChI=1S/C7H10OS/c1-2-6(8)7-4-3-5-9-7/h4H,2-3,5H2,1H3. The van der Waals surface area contributed by atoms with Crippen LogP contribution in [0, 0.1) is 0 Å². The van der Waals surface area contributed by atoms with Crippen LogP contribution in [0.5, 0.6) is 0 Å². The molecule has 1 nitrogen and oxygen atoms in total. The molecule has 0 bridgehead atoms. The summed E-state index contributed by atoms with van der Waals surface area (Å²) in [6.45, 7) is 1.90. The van der Waals surface area contributed by atoms with Gasteiger partial charge in [0.15, 0.2) is 5.78 Å². The summed E-state index contributed by atoms with van der Waals surface area (Å²) in [5.41, 5.74) is 0. The van der Waals surface area contributed by atoms with Gasteiger partial charge in [0.05, 0.1) is 0 Å². The van der Waals surface area contributed by atoms with Gasteiger partial charge >= 0.3 is 0 Å². The third-order valence-corrected chi connectivity index (χ3v) is 2.45. The number of hydrogen-bond acceptors (Lipinski definition) is 2. The number of carbonyl (C=O) groups excluding carboxylic acids is 1. The van der Waals surface area contributed by atoms with Crippen molar-refractivity contribution in [2.75, 3.05) is 5.75 Å². The molecule has 0 spiro atoms. The van der Waals surface area contributed by atoms with E-state index in [0.717, 1.165) is 17.1 Å². The minimum Gasteiger partial charge on any atom is -0.294 e. The minimum atomic E-state index is 0.303. The first-order valence-electron chi connectivity index (χ1n) is 3.20. The molecule has 0 unspecified atom stereocenters. The van der Waals surface area contributed by atoms with Gasteiger partial charge in [-0.05, 0) is 6.42 Å². The van der Waals surface area contributed by atoms with Gasteiger partial charge in [0, 0.05) is 17.1 Å². The zero-order valence-electron chi connectivity index (χ0n) is 5.52. The Kier molecular flexibility index (Phi) is 2.34. The van der Waals surface area contributed by atoms with Crippen molar-refractivity contribution in [1.82, 2.24) is 0 Å². The molecule has 0 saturated heterocycles. The fourth-order valence-electron chi connectivity index (χ4n) is 0.786. The maximum absolute atomic E-state index is 10.9. The zero-order valence-corrected chi connectivity index (χ0v) is 6.33. The van der Waals surface area contributed by atoms with Crippen molar-refractivity contribution in [3.05, 3.63) is 11.0 Å². The number of allylic oxidation sites excluding steroid dienone is 2. The van der Waals surface area contributed by atoms with Gasteiger partial charge in [0.1, 0.15) is 0 Å². The highest BCUT2D eigenvalue weighted by atomic mass is 32.2. The summed E-state index contributed by atoms with van der Waals surface area (Å²) in [6.07, 6.45) is 3.76. The summed E-state index contributed by atoms with van der Waals surface area (Å²) < 4.78 is 0. The molecule has 0 fully saturated rings. The summed E-state index contributed by atoms with van der Waals surface area (Å²) in [5.74, 6) is 1.40. The van der Waals surface area contributed by atoms with Crippen molar-refractivity contribution in [3.63, 3.8) is 0 Å². The monoisotopic (exact) mass is 142 g/mol. The largest absolute Gasteiger partial charge is 0.294 e. The lowest BCUT2D eigenvalue weighted by molar-refractivity contribution is -0.114. The van der Waals surface area contributed by atoms with Gasteiger partial charge < -0.3 is 0 Å². The second-order valence-electron chi connectivity index (χ2n) is 1.98. The van der Waals surface area contributed by atoms with Crippen LogP contribution in [0.3, 0.4) is 0 Å². The van der Waals surface area contributed by atoms with Crippen molar-refractivity contribution in [3.8, 4) is 0 Å². The molecular formula is C7H10OS. The van der Waals surface area contributed by atoms with Gasteiger partial charge in [-0.25, -0.2) is 0 Å². The zero-order chi connectivity index (χ0) is 6.69. The van der Waals surface area contributed by atoms with Crippen molar-refractivity contribution < 1.29 is 4.79 Å². The average Bonchev–Trinajstić information content (AvgIpc) is 2.37. The van der Waals surface area contributed by atoms with E-state index < -0.39 is 0 Å². The molecule has 9 heavy (non-hydrogen) atoms. The first-order valence-corrected chi connectivity index (χ1v) is 4.19. The van der Waals surface area contributed by atoms with Crippen LogP contribution in [0.2, 0.25) is 0 Å². The maximum atomic E-state index is 10.9. The fourth-order valence-corrected chi connectivity index (χ4v) is 1.78.